The van der Waals surface area contributed by atoms with Gasteiger partial charge in [0.15, 0.2) is 0 Å². The monoisotopic (exact) mass is 484 g/mol. The van der Waals surface area contributed by atoms with Gasteiger partial charge in [-0.1, -0.05) is 36.4 Å². The third-order valence-corrected chi connectivity index (χ3v) is 7.23. The lowest BCUT2D eigenvalue weighted by Gasteiger charge is -2.24. The zero-order valence-corrected chi connectivity index (χ0v) is 20.2. The molecule has 0 saturated heterocycles. The second kappa shape index (κ2) is 9.31. The number of nitrogens with one attached hydrogen (secondary N) is 1. The van der Waals surface area contributed by atoms with Crippen LogP contribution in [-0.4, -0.2) is 45.0 Å². The quantitative estimate of drug-likeness (QED) is 0.401. The maximum absolute atomic E-state index is 13.2. The summed E-state index contributed by atoms with van der Waals surface area (Å²) in [5, 5.41) is 9.08. The summed E-state index contributed by atoms with van der Waals surface area (Å²) in [4.78, 5) is 41.4. The minimum atomic E-state index is -0.453. The average Bonchev–Trinajstić information content (AvgIpc) is 3.56. The lowest BCUT2D eigenvalue weighted by Crippen LogP contribution is -2.47. The van der Waals surface area contributed by atoms with E-state index < -0.39 is 6.04 Å². The summed E-state index contributed by atoms with van der Waals surface area (Å²) in [6, 6.07) is 18.0. The summed E-state index contributed by atoms with van der Waals surface area (Å²) in [6.07, 6.45) is 2.21. The van der Waals surface area contributed by atoms with Crippen LogP contribution in [0.2, 0.25) is 0 Å². The fourth-order valence-electron chi connectivity index (χ4n) is 4.37. The summed E-state index contributed by atoms with van der Waals surface area (Å²) in [5.41, 5.74) is 4.40. The molecule has 8 heteroatoms. The Morgan fingerprint density at radius 2 is 1.71 bits per heavy atom. The molecule has 0 saturated carbocycles. The molecule has 1 aliphatic heterocycles. The average molecular weight is 485 g/mol. The molecule has 0 unspecified atom stereocenters. The Morgan fingerprint density at radius 1 is 1.03 bits per heavy atom. The van der Waals surface area contributed by atoms with Gasteiger partial charge in [-0.25, -0.2) is 0 Å². The van der Waals surface area contributed by atoms with E-state index in [2.05, 4.69) is 10.4 Å². The number of nitrogens with zero attached hydrogens (tertiary/aromatic N) is 3. The Balaban J connectivity index is 1.39. The van der Waals surface area contributed by atoms with Gasteiger partial charge in [0.05, 0.1) is 33.3 Å². The highest BCUT2D eigenvalue weighted by Crippen LogP contribution is 2.27. The van der Waals surface area contributed by atoms with Gasteiger partial charge < -0.3 is 5.32 Å². The van der Waals surface area contributed by atoms with Crippen molar-refractivity contribution < 1.29 is 14.4 Å². The highest BCUT2D eigenvalue weighted by Gasteiger charge is 2.36. The molecule has 3 amide bonds. The van der Waals surface area contributed by atoms with Gasteiger partial charge >= 0.3 is 0 Å². The van der Waals surface area contributed by atoms with Crippen molar-refractivity contribution in [2.75, 3.05) is 6.54 Å². The number of thiophene rings is 1. The van der Waals surface area contributed by atoms with Gasteiger partial charge in [0.1, 0.15) is 0 Å². The third kappa shape index (κ3) is 4.40. The van der Waals surface area contributed by atoms with Crippen molar-refractivity contribution in [3.8, 4) is 10.6 Å². The lowest BCUT2D eigenvalue weighted by molar-refractivity contribution is 0.0629. The maximum atomic E-state index is 13.2. The Kier molecular flexibility index (Phi) is 6.05. The number of amides is 3. The van der Waals surface area contributed by atoms with Crippen LogP contribution in [0.1, 0.15) is 42.2 Å². The van der Waals surface area contributed by atoms with Crippen molar-refractivity contribution in [2.45, 2.75) is 19.4 Å². The Morgan fingerprint density at radius 3 is 2.37 bits per heavy atom. The second-order valence-corrected chi connectivity index (χ2v) is 9.52. The zero-order chi connectivity index (χ0) is 24.5. The Hall–Kier alpha value is -4.04. The van der Waals surface area contributed by atoms with Gasteiger partial charge in [-0.3, -0.25) is 24.0 Å². The molecule has 4 aromatic rings. The number of carbonyl (C=O) groups excluding carboxylic acids is 3. The first-order valence-corrected chi connectivity index (χ1v) is 12.2. The smallest absolute Gasteiger partial charge is 0.261 e. The van der Waals surface area contributed by atoms with Crippen LogP contribution in [0.4, 0.5) is 0 Å². The van der Waals surface area contributed by atoms with Gasteiger partial charge in [-0.05, 0) is 48.7 Å². The van der Waals surface area contributed by atoms with Gasteiger partial charge in [-0.2, -0.15) is 5.10 Å². The standard InChI is InChI=1S/C27H24N4O3S/c1-17-7-3-4-8-18(17)13-20(15-31-26(33)21-9-5-6-10-22(21)27(31)34)29-25(32)19-14-24(35-16-19)23-11-12-28-30(23)2/h3-12,14,16,20H,13,15H2,1-2H3,(H,29,32)/t20-/m0/s1. The van der Waals surface area contributed by atoms with Crippen LogP contribution < -0.4 is 5.32 Å². The van der Waals surface area contributed by atoms with Crippen LogP contribution in [0.5, 0.6) is 0 Å². The van der Waals surface area contributed by atoms with Gasteiger partial charge in [0.2, 0.25) is 0 Å². The molecule has 0 radical (unpaired) electrons. The van der Waals surface area contributed by atoms with Gasteiger partial charge in [0.25, 0.3) is 17.7 Å². The van der Waals surface area contributed by atoms with E-state index in [1.165, 1.54) is 16.2 Å². The largest absolute Gasteiger partial charge is 0.347 e. The molecule has 35 heavy (non-hydrogen) atoms. The molecular formula is C27H24N4O3S. The molecule has 2 aromatic carbocycles. The van der Waals surface area contributed by atoms with Crippen molar-refractivity contribution in [3.63, 3.8) is 0 Å². The normalized spacial score (nSPS) is 13.7. The number of hydrogen-bond acceptors (Lipinski definition) is 5. The fourth-order valence-corrected chi connectivity index (χ4v) is 5.31. The molecule has 2 aromatic heterocycles. The van der Waals surface area contributed by atoms with Gasteiger partial charge in [0, 0.05) is 25.2 Å². The first kappa shape index (κ1) is 22.7. The predicted octanol–water partition coefficient (Wildman–Crippen LogP) is 4.09. The number of benzene rings is 2. The van der Waals surface area contributed by atoms with E-state index in [0.29, 0.717) is 23.1 Å². The predicted molar refractivity (Wildman–Crippen MR) is 134 cm³/mol. The summed E-state index contributed by atoms with van der Waals surface area (Å²) >= 11 is 1.47. The first-order valence-electron chi connectivity index (χ1n) is 11.3. The summed E-state index contributed by atoms with van der Waals surface area (Å²) < 4.78 is 1.76. The number of imide groups is 1. The molecule has 1 atom stereocenters. The number of hydrogen-bond donors (Lipinski definition) is 1. The Bertz CT molecular complexity index is 1400. The SMILES string of the molecule is Cc1ccccc1C[C@@H](CN1C(=O)c2ccccc2C1=O)NC(=O)c1csc(-c2ccnn2C)c1. The molecule has 176 valence electrons. The van der Waals surface area contributed by atoms with E-state index in [4.69, 9.17) is 0 Å². The Labute approximate surface area is 207 Å². The maximum Gasteiger partial charge on any atom is 0.261 e. The molecule has 5 rings (SSSR count). The molecular weight excluding hydrogens is 460 g/mol. The third-order valence-electron chi connectivity index (χ3n) is 6.28. The van der Waals surface area contributed by atoms with Crippen molar-refractivity contribution in [3.05, 3.63) is 100 Å². The minimum Gasteiger partial charge on any atom is -0.347 e. The number of aryl methyl sites for hydroxylation is 2. The summed E-state index contributed by atoms with van der Waals surface area (Å²) in [5.74, 6) is -0.905. The van der Waals surface area contributed by atoms with E-state index in [-0.39, 0.29) is 24.3 Å². The van der Waals surface area contributed by atoms with Crippen LogP contribution in [0.3, 0.4) is 0 Å². The molecule has 0 spiro atoms. The van der Waals surface area contributed by atoms with Crippen LogP contribution in [0.15, 0.2) is 72.2 Å². The van der Waals surface area contributed by atoms with Gasteiger partial charge in [-0.15, -0.1) is 11.3 Å². The van der Waals surface area contributed by atoms with Crippen molar-refractivity contribution in [1.82, 2.24) is 20.0 Å². The number of aromatic nitrogens is 2. The van der Waals surface area contributed by atoms with Crippen LogP contribution in [0, 0.1) is 6.92 Å². The number of fused-ring (bicyclic) bond motifs is 1. The van der Waals surface area contributed by atoms with E-state index in [1.54, 1.807) is 35.1 Å². The molecule has 3 heterocycles. The number of rotatable bonds is 7. The van der Waals surface area contributed by atoms with Crippen LogP contribution in [0.25, 0.3) is 10.6 Å². The molecule has 1 N–H and O–H groups in total. The topological polar surface area (TPSA) is 84.3 Å². The molecule has 0 bridgehead atoms. The lowest BCUT2D eigenvalue weighted by atomic mass is 10.0. The van der Waals surface area contributed by atoms with Crippen molar-refractivity contribution in [1.29, 1.82) is 0 Å². The molecule has 0 aliphatic carbocycles. The summed E-state index contributed by atoms with van der Waals surface area (Å²) in [6.45, 7) is 2.10. The molecule has 0 fully saturated rings. The van der Waals surface area contributed by atoms with E-state index in [9.17, 15) is 14.4 Å². The molecule has 1 aliphatic rings. The van der Waals surface area contributed by atoms with Crippen molar-refractivity contribution >= 4 is 29.1 Å². The van der Waals surface area contributed by atoms with Crippen LogP contribution in [-0.2, 0) is 13.5 Å². The minimum absolute atomic E-state index is 0.0884. The summed E-state index contributed by atoms with van der Waals surface area (Å²) in [7, 11) is 1.86. The zero-order valence-electron chi connectivity index (χ0n) is 19.4. The fraction of sp³-hybridized carbons (Fsp3) is 0.185. The van der Waals surface area contributed by atoms with Crippen molar-refractivity contribution in [2.24, 2.45) is 7.05 Å². The van der Waals surface area contributed by atoms with E-state index >= 15 is 0 Å². The highest BCUT2D eigenvalue weighted by molar-refractivity contribution is 7.13. The van der Waals surface area contributed by atoms with Crippen LogP contribution >= 0.6 is 11.3 Å². The number of carbonyl (C=O) groups is 3. The molecule has 7 nitrogen and oxygen atoms in total. The second-order valence-electron chi connectivity index (χ2n) is 8.61. The first-order chi connectivity index (χ1) is 16.9. The van der Waals surface area contributed by atoms with E-state index in [1.807, 2.05) is 55.7 Å². The highest BCUT2D eigenvalue weighted by atomic mass is 32.1. The van der Waals surface area contributed by atoms with E-state index in [0.717, 1.165) is 21.7 Å².